The van der Waals surface area contributed by atoms with Crippen molar-refractivity contribution >= 4 is 35.0 Å². The number of halogens is 1. The molecule has 0 heterocycles. The molecule has 0 aliphatic carbocycles. The zero-order chi connectivity index (χ0) is 19.1. The summed E-state index contributed by atoms with van der Waals surface area (Å²) in [6, 6.07) is 22.9. The topological polar surface area (TPSA) is 38.3 Å². The van der Waals surface area contributed by atoms with Crippen LogP contribution in [0.25, 0.3) is 0 Å². The number of carbonyl (C=O) groups is 1. The van der Waals surface area contributed by atoms with Gasteiger partial charge < -0.3 is 10.1 Å². The number of nitrogens with one attached hydrogen (secondary N) is 1. The summed E-state index contributed by atoms with van der Waals surface area (Å²) < 4.78 is 5.79. The van der Waals surface area contributed by atoms with E-state index in [0.717, 1.165) is 22.1 Å². The van der Waals surface area contributed by atoms with Crippen LogP contribution in [0.1, 0.15) is 12.0 Å². The number of hydrogen-bond donors (Lipinski definition) is 1. The summed E-state index contributed by atoms with van der Waals surface area (Å²) in [4.78, 5) is 13.2. The Morgan fingerprint density at radius 3 is 2.15 bits per heavy atom. The van der Waals surface area contributed by atoms with E-state index < -0.39 is 0 Å². The number of thioether (sulfide) groups is 1. The highest BCUT2D eigenvalue weighted by Gasteiger charge is 2.04. The molecule has 0 atom stereocenters. The van der Waals surface area contributed by atoms with Gasteiger partial charge in [0, 0.05) is 27.8 Å². The third kappa shape index (κ3) is 6.35. The maximum absolute atomic E-state index is 12.1. The monoisotopic (exact) mass is 397 g/mol. The Hall–Kier alpha value is -2.43. The molecular formula is C22H20ClNO2S. The van der Waals surface area contributed by atoms with Crippen molar-refractivity contribution in [2.24, 2.45) is 0 Å². The molecule has 0 fully saturated rings. The van der Waals surface area contributed by atoms with Crippen molar-refractivity contribution in [1.82, 2.24) is 0 Å². The minimum atomic E-state index is -0.0105. The van der Waals surface area contributed by atoms with Crippen LogP contribution < -0.4 is 10.1 Å². The fourth-order valence-corrected chi connectivity index (χ4v) is 3.34. The van der Waals surface area contributed by atoms with E-state index in [9.17, 15) is 4.79 Å². The van der Waals surface area contributed by atoms with Gasteiger partial charge in [-0.3, -0.25) is 4.79 Å². The minimum Gasteiger partial charge on any atom is -0.457 e. The van der Waals surface area contributed by atoms with Gasteiger partial charge in [0.1, 0.15) is 11.5 Å². The van der Waals surface area contributed by atoms with Crippen LogP contribution in [0.15, 0.2) is 77.7 Å². The fourth-order valence-electron chi connectivity index (χ4n) is 2.36. The molecule has 5 heteroatoms. The normalized spacial score (nSPS) is 10.4. The van der Waals surface area contributed by atoms with E-state index in [4.69, 9.17) is 16.3 Å². The first kappa shape index (κ1) is 19.3. The fraction of sp³-hybridized carbons (Fsp3) is 0.136. The number of anilines is 1. The second-order valence-corrected chi connectivity index (χ2v) is 7.64. The van der Waals surface area contributed by atoms with E-state index in [1.54, 1.807) is 11.8 Å². The number of hydrogen-bond acceptors (Lipinski definition) is 3. The van der Waals surface area contributed by atoms with Gasteiger partial charge in [0.25, 0.3) is 0 Å². The molecule has 1 N–H and O–H groups in total. The van der Waals surface area contributed by atoms with Crippen LogP contribution in [0.3, 0.4) is 0 Å². The van der Waals surface area contributed by atoms with Crippen molar-refractivity contribution in [2.75, 3.05) is 11.1 Å². The second kappa shape index (κ2) is 9.49. The van der Waals surface area contributed by atoms with Crippen LogP contribution in [0, 0.1) is 6.92 Å². The molecule has 1 amide bonds. The van der Waals surface area contributed by atoms with Gasteiger partial charge in [0.15, 0.2) is 0 Å². The summed E-state index contributed by atoms with van der Waals surface area (Å²) in [5, 5.41) is 3.62. The van der Waals surface area contributed by atoms with Crippen molar-refractivity contribution in [3.05, 3.63) is 83.4 Å². The number of rotatable bonds is 7. The molecule has 3 aromatic carbocycles. The summed E-state index contributed by atoms with van der Waals surface area (Å²) in [5.41, 5.74) is 1.95. The van der Waals surface area contributed by atoms with Crippen molar-refractivity contribution in [3.63, 3.8) is 0 Å². The highest BCUT2D eigenvalue weighted by molar-refractivity contribution is 7.99. The van der Waals surface area contributed by atoms with E-state index in [2.05, 4.69) is 5.32 Å². The Balaban J connectivity index is 1.45. The van der Waals surface area contributed by atoms with Crippen molar-refractivity contribution in [1.29, 1.82) is 0 Å². The molecule has 27 heavy (non-hydrogen) atoms. The molecule has 138 valence electrons. The Morgan fingerprint density at radius 1 is 0.926 bits per heavy atom. The van der Waals surface area contributed by atoms with Crippen LogP contribution in [-0.2, 0) is 4.79 Å². The molecule has 0 saturated heterocycles. The van der Waals surface area contributed by atoms with Crippen LogP contribution in [0.5, 0.6) is 11.5 Å². The standard InChI is InChI=1S/C22H20ClNO2S/c1-16-2-8-19(9-3-16)26-20-10-6-18(7-11-20)24-22(25)14-15-27-21-12-4-17(23)5-13-21/h2-13H,14-15H2,1H3,(H,24,25). The molecule has 0 aromatic heterocycles. The molecule has 0 radical (unpaired) electrons. The van der Waals surface area contributed by atoms with Crippen LogP contribution in [0.4, 0.5) is 5.69 Å². The van der Waals surface area contributed by atoms with Crippen molar-refractivity contribution in [3.8, 4) is 11.5 Å². The summed E-state index contributed by atoms with van der Waals surface area (Å²) in [5.74, 6) is 2.22. The third-order valence-electron chi connectivity index (χ3n) is 3.81. The lowest BCUT2D eigenvalue weighted by molar-refractivity contribution is -0.115. The Bertz CT molecular complexity index is 878. The second-order valence-electron chi connectivity index (χ2n) is 6.04. The molecular weight excluding hydrogens is 378 g/mol. The lowest BCUT2D eigenvalue weighted by Crippen LogP contribution is -2.12. The maximum atomic E-state index is 12.1. The summed E-state index contributed by atoms with van der Waals surface area (Å²) in [6.07, 6.45) is 0.439. The predicted molar refractivity (Wildman–Crippen MR) is 113 cm³/mol. The Morgan fingerprint density at radius 2 is 1.52 bits per heavy atom. The third-order valence-corrected chi connectivity index (χ3v) is 5.07. The van der Waals surface area contributed by atoms with E-state index in [1.165, 1.54) is 5.56 Å². The molecule has 0 spiro atoms. The lowest BCUT2D eigenvalue weighted by atomic mass is 10.2. The molecule has 0 aliphatic rings. The average molecular weight is 398 g/mol. The Kier molecular flexibility index (Phi) is 6.80. The van der Waals surface area contributed by atoms with Gasteiger partial charge in [0.2, 0.25) is 5.91 Å². The highest BCUT2D eigenvalue weighted by atomic mass is 35.5. The van der Waals surface area contributed by atoms with Gasteiger partial charge in [-0.25, -0.2) is 0 Å². The predicted octanol–water partition coefficient (Wildman–Crippen LogP) is 6.56. The van der Waals surface area contributed by atoms with Crippen LogP contribution in [-0.4, -0.2) is 11.7 Å². The number of amides is 1. The molecule has 3 nitrogen and oxygen atoms in total. The number of carbonyl (C=O) groups excluding carboxylic acids is 1. The molecule has 3 rings (SSSR count). The molecule has 3 aromatic rings. The SMILES string of the molecule is Cc1ccc(Oc2ccc(NC(=O)CCSc3ccc(Cl)cc3)cc2)cc1. The zero-order valence-corrected chi connectivity index (χ0v) is 16.5. The van der Waals surface area contributed by atoms with Gasteiger partial charge >= 0.3 is 0 Å². The maximum Gasteiger partial charge on any atom is 0.225 e. The van der Waals surface area contributed by atoms with Gasteiger partial charge in [-0.15, -0.1) is 11.8 Å². The van der Waals surface area contributed by atoms with E-state index in [0.29, 0.717) is 17.2 Å². The van der Waals surface area contributed by atoms with Crippen LogP contribution >= 0.6 is 23.4 Å². The van der Waals surface area contributed by atoms with E-state index in [-0.39, 0.29) is 5.91 Å². The molecule has 0 bridgehead atoms. The van der Waals surface area contributed by atoms with Crippen molar-refractivity contribution < 1.29 is 9.53 Å². The smallest absolute Gasteiger partial charge is 0.225 e. The van der Waals surface area contributed by atoms with Gasteiger partial charge in [-0.1, -0.05) is 29.3 Å². The van der Waals surface area contributed by atoms with Crippen molar-refractivity contribution in [2.45, 2.75) is 18.2 Å². The minimum absolute atomic E-state index is 0.0105. The zero-order valence-electron chi connectivity index (χ0n) is 14.9. The first-order chi connectivity index (χ1) is 13.1. The summed E-state index contributed by atoms with van der Waals surface area (Å²) in [7, 11) is 0. The largest absolute Gasteiger partial charge is 0.457 e. The van der Waals surface area contributed by atoms with E-state index >= 15 is 0 Å². The quantitative estimate of drug-likeness (QED) is 0.458. The number of ether oxygens (including phenoxy) is 1. The molecule has 0 aliphatic heterocycles. The van der Waals surface area contributed by atoms with Gasteiger partial charge in [-0.2, -0.15) is 0 Å². The summed E-state index contributed by atoms with van der Waals surface area (Å²) >= 11 is 7.50. The number of aryl methyl sites for hydroxylation is 1. The van der Waals surface area contributed by atoms with Gasteiger partial charge in [-0.05, 0) is 67.6 Å². The lowest BCUT2D eigenvalue weighted by Gasteiger charge is -2.08. The van der Waals surface area contributed by atoms with Crippen LogP contribution in [0.2, 0.25) is 5.02 Å². The summed E-state index contributed by atoms with van der Waals surface area (Å²) in [6.45, 7) is 2.04. The first-order valence-corrected chi connectivity index (χ1v) is 9.98. The number of benzene rings is 3. The molecule has 0 saturated carbocycles. The average Bonchev–Trinajstić information content (AvgIpc) is 2.67. The Labute approximate surface area is 168 Å². The first-order valence-electron chi connectivity index (χ1n) is 8.61. The van der Waals surface area contributed by atoms with Gasteiger partial charge in [0.05, 0.1) is 0 Å². The highest BCUT2D eigenvalue weighted by Crippen LogP contribution is 2.24. The van der Waals surface area contributed by atoms with E-state index in [1.807, 2.05) is 79.7 Å². The molecule has 0 unspecified atom stereocenters.